The summed E-state index contributed by atoms with van der Waals surface area (Å²) in [6, 6.07) is 47.2. The van der Waals surface area contributed by atoms with Crippen LogP contribution < -0.4 is 0 Å². The SMILES string of the molecule is c1ccc(-c2nc(-c3ccccc3)nc(-c3c4ccccc4c(-c4ccc(-c5ccccn5)nc4)c4ccccc34)n2)cc1. The summed E-state index contributed by atoms with van der Waals surface area (Å²) in [5, 5.41) is 4.35. The second kappa shape index (κ2) is 11.0. The summed E-state index contributed by atoms with van der Waals surface area (Å²) in [6.45, 7) is 0. The van der Waals surface area contributed by atoms with E-state index >= 15 is 0 Å². The zero-order valence-electron chi connectivity index (χ0n) is 23.7. The summed E-state index contributed by atoms with van der Waals surface area (Å²) >= 11 is 0. The van der Waals surface area contributed by atoms with E-state index < -0.39 is 0 Å². The maximum Gasteiger partial charge on any atom is 0.165 e. The molecule has 0 aliphatic rings. The lowest BCUT2D eigenvalue weighted by molar-refractivity contribution is 1.08. The van der Waals surface area contributed by atoms with Gasteiger partial charge in [0.1, 0.15) is 0 Å². The van der Waals surface area contributed by atoms with E-state index in [2.05, 4.69) is 59.6 Å². The molecule has 0 saturated carbocycles. The zero-order valence-corrected chi connectivity index (χ0v) is 23.7. The van der Waals surface area contributed by atoms with Crippen LogP contribution in [0.1, 0.15) is 0 Å². The number of hydrogen-bond acceptors (Lipinski definition) is 5. The molecule has 0 atom stereocenters. The quantitative estimate of drug-likeness (QED) is 0.195. The molecule has 0 aliphatic heterocycles. The molecule has 3 aromatic heterocycles. The first-order valence-corrected chi connectivity index (χ1v) is 14.5. The van der Waals surface area contributed by atoms with Crippen LogP contribution in [0.25, 0.3) is 78.2 Å². The lowest BCUT2D eigenvalue weighted by Crippen LogP contribution is -2.01. The monoisotopic (exact) mass is 563 g/mol. The van der Waals surface area contributed by atoms with Gasteiger partial charge in [-0.05, 0) is 45.3 Å². The van der Waals surface area contributed by atoms with Crippen molar-refractivity contribution in [3.8, 4) is 56.7 Å². The van der Waals surface area contributed by atoms with E-state index in [1.807, 2.05) is 91.1 Å². The third-order valence-corrected chi connectivity index (χ3v) is 7.83. The van der Waals surface area contributed by atoms with E-state index in [9.17, 15) is 0 Å². The molecule has 0 saturated heterocycles. The zero-order chi connectivity index (χ0) is 29.3. The number of aromatic nitrogens is 5. The van der Waals surface area contributed by atoms with Crippen molar-refractivity contribution in [3.63, 3.8) is 0 Å². The Bertz CT molecular complexity index is 2140. The molecular formula is C39H25N5. The lowest BCUT2D eigenvalue weighted by Gasteiger charge is -2.17. The normalized spacial score (nSPS) is 11.2. The molecule has 8 aromatic rings. The van der Waals surface area contributed by atoms with Gasteiger partial charge in [0.2, 0.25) is 0 Å². The molecule has 8 rings (SSSR count). The molecule has 206 valence electrons. The van der Waals surface area contributed by atoms with Gasteiger partial charge in [-0.1, -0.05) is 121 Å². The van der Waals surface area contributed by atoms with E-state index in [1.165, 1.54) is 0 Å². The van der Waals surface area contributed by atoms with Crippen LogP contribution in [0.3, 0.4) is 0 Å². The Labute approximate surface area is 254 Å². The van der Waals surface area contributed by atoms with Crippen molar-refractivity contribution in [3.05, 3.63) is 152 Å². The number of rotatable bonds is 5. The molecule has 5 aromatic carbocycles. The number of nitrogens with zero attached hydrogens (tertiary/aromatic N) is 5. The van der Waals surface area contributed by atoms with Crippen LogP contribution in [0, 0.1) is 0 Å². The van der Waals surface area contributed by atoms with Crippen molar-refractivity contribution in [2.24, 2.45) is 0 Å². The molecule has 0 aliphatic carbocycles. The van der Waals surface area contributed by atoms with Crippen LogP contribution >= 0.6 is 0 Å². The van der Waals surface area contributed by atoms with E-state index in [-0.39, 0.29) is 0 Å². The second-order valence-corrected chi connectivity index (χ2v) is 10.5. The van der Waals surface area contributed by atoms with Crippen molar-refractivity contribution in [2.75, 3.05) is 0 Å². The fraction of sp³-hybridized carbons (Fsp3) is 0. The molecule has 0 fully saturated rings. The van der Waals surface area contributed by atoms with Crippen molar-refractivity contribution in [1.29, 1.82) is 0 Å². The van der Waals surface area contributed by atoms with Crippen molar-refractivity contribution in [2.45, 2.75) is 0 Å². The van der Waals surface area contributed by atoms with Gasteiger partial charge in [0.25, 0.3) is 0 Å². The maximum absolute atomic E-state index is 5.11. The number of hydrogen-bond donors (Lipinski definition) is 0. The molecule has 0 radical (unpaired) electrons. The minimum absolute atomic E-state index is 0.639. The smallest absolute Gasteiger partial charge is 0.165 e. The fourth-order valence-corrected chi connectivity index (χ4v) is 5.81. The highest BCUT2D eigenvalue weighted by Gasteiger charge is 2.20. The predicted molar refractivity (Wildman–Crippen MR) is 178 cm³/mol. The highest BCUT2D eigenvalue weighted by molar-refractivity contribution is 6.20. The summed E-state index contributed by atoms with van der Waals surface area (Å²) in [5.41, 5.74) is 6.72. The van der Waals surface area contributed by atoms with Gasteiger partial charge in [0.05, 0.1) is 11.4 Å². The number of fused-ring (bicyclic) bond motifs is 2. The van der Waals surface area contributed by atoms with Crippen molar-refractivity contribution < 1.29 is 0 Å². The minimum Gasteiger partial charge on any atom is -0.255 e. The molecule has 44 heavy (non-hydrogen) atoms. The van der Waals surface area contributed by atoms with Crippen LogP contribution in [0.5, 0.6) is 0 Å². The topological polar surface area (TPSA) is 64.5 Å². The molecule has 5 heteroatoms. The minimum atomic E-state index is 0.639. The van der Waals surface area contributed by atoms with E-state index in [4.69, 9.17) is 19.9 Å². The van der Waals surface area contributed by atoms with Crippen LogP contribution in [0.15, 0.2) is 152 Å². The van der Waals surface area contributed by atoms with Crippen molar-refractivity contribution >= 4 is 21.5 Å². The van der Waals surface area contributed by atoms with Gasteiger partial charge in [0, 0.05) is 34.6 Å². The van der Waals surface area contributed by atoms with Gasteiger partial charge in [0.15, 0.2) is 17.5 Å². The third kappa shape index (κ3) is 4.57. The Morgan fingerprint density at radius 3 is 1.30 bits per heavy atom. The average Bonchev–Trinajstić information content (AvgIpc) is 3.11. The molecule has 0 unspecified atom stereocenters. The Kier molecular flexibility index (Phi) is 6.39. The summed E-state index contributed by atoms with van der Waals surface area (Å²) in [4.78, 5) is 24.4. The van der Waals surface area contributed by atoms with Crippen LogP contribution in [-0.4, -0.2) is 24.9 Å². The molecule has 3 heterocycles. The number of benzene rings is 5. The largest absolute Gasteiger partial charge is 0.255 e. The molecule has 0 spiro atoms. The first kappa shape index (κ1) is 25.6. The Balaban J connectivity index is 1.40. The molecule has 0 bridgehead atoms. The van der Waals surface area contributed by atoms with Gasteiger partial charge < -0.3 is 0 Å². The van der Waals surface area contributed by atoms with Gasteiger partial charge >= 0.3 is 0 Å². The highest BCUT2D eigenvalue weighted by Crippen LogP contribution is 2.43. The Morgan fingerprint density at radius 1 is 0.318 bits per heavy atom. The lowest BCUT2D eigenvalue weighted by atomic mass is 9.88. The Hall–Kier alpha value is -6.07. The van der Waals surface area contributed by atoms with Gasteiger partial charge in [-0.3, -0.25) is 9.97 Å². The van der Waals surface area contributed by atoms with Crippen LogP contribution in [0.2, 0.25) is 0 Å². The summed E-state index contributed by atoms with van der Waals surface area (Å²) in [6.07, 6.45) is 3.74. The average molecular weight is 564 g/mol. The first-order chi connectivity index (χ1) is 21.8. The second-order valence-electron chi connectivity index (χ2n) is 10.5. The first-order valence-electron chi connectivity index (χ1n) is 14.5. The van der Waals surface area contributed by atoms with Crippen LogP contribution in [-0.2, 0) is 0 Å². The molecule has 0 N–H and O–H groups in total. The molecular weight excluding hydrogens is 538 g/mol. The molecule has 0 amide bonds. The Morgan fingerprint density at radius 2 is 0.795 bits per heavy atom. The van der Waals surface area contributed by atoms with Gasteiger partial charge in [-0.25, -0.2) is 15.0 Å². The standard InChI is InChI=1S/C39H25N5/c1-3-13-26(14-4-1)37-42-38(27-15-5-2-6-16-27)44-39(43-37)36-31-19-9-7-17-29(31)35(30-18-8-10-20-32(30)36)28-22-23-34(41-25-28)33-21-11-12-24-40-33/h1-25H. The summed E-state index contributed by atoms with van der Waals surface area (Å²) in [5.74, 6) is 1.92. The van der Waals surface area contributed by atoms with E-state index in [0.717, 1.165) is 60.8 Å². The maximum atomic E-state index is 5.11. The fourth-order valence-electron chi connectivity index (χ4n) is 5.81. The van der Waals surface area contributed by atoms with E-state index in [0.29, 0.717) is 17.5 Å². The van der Waals surface area contributed by atoms with Crippen molar-refractivity contribution in [1.82, 2.24) is 24.9 Å². The summed E-state index contributed by atoms with van der Waals surface area (Å²) < 4.78 is 0. The van der Waals surface area contributed by atoms with Crippen LogP contribution in [0.4, 0.5) is 0 Å². The van der Waals surface area contributed by atoms with Gasteiger partial charge in [-0.15, -0.1) is 0 Å². The van der Waals surface area contributed by atoms with Gasteiger partial charge in [-0.2, -0.15) is 0 Å². The summed E-state index contributed by atoms with van der Waals surface area (Å²) in [7, 11) is 0. The third-order valence-electron chi connectivity index (χ3n) is 7.83. The van der Waals surface area contributed by atoms with E-state index in [1.54, 1.807) is 6.20 Å². The highest BCUT2D eigenvalue weighted by atomic mass is 15.0. The molecule has 5 nitrogen and oxygen atoms in total. The number of pyridine rings is 2. The predicted octanol–water partition coefficient (Wildman–Crippen LogP) is 9.30.